The van der Waals surface area contributed by atoms with Gasteiger partial charge in [-0.15, -0.1) is 5.10 Å². The first-order valence-corrected chi connectivity index (χ1v) is 6.35. The minimum atomic E-state index is -0.226. The van der Waals surface area contributed by atoms with Crippen molar-refractivity contribution in [3.05, 3.63) is 42.4 Å². The number of tetrazole rings is 1. The number of carbonyl (C=O) groups excluding carboxylic acids is 1. The van der Waals surface area contributed by atoms with Crippen molar-refractivity contribution >= 4 is 11.9 Å². The summed E-state index contributed by atoms with van der Waals surface area (Å²) in [5.74, 6) is 1.12. The number of oxazole rings is 1. The van der Waals surface area contributed by atoms with Crippen LogP contribution in [0.4, 0.5) is 5.95 Å². The molecule has 0 aliphatic rings. The Bertz CT molecular complexity index is 707. The van der Waals surface area contributed by atoms with Gasteiger partial charge in [0, 0.05) is 18.4 Å². The van der Waals surface area contributed by atoms with Crippen LogP contribution in [0.3, 0.4) is 0 Å². The van der Waals surface area contributed by atoms with Crippen LogP contribution < -0.4 is 5.32 Å². The summed E-state index contributed by atoms with van der Waals surface area (Å²) >= 11 is 0. The Morgan fingerprint density at radius 3 is 2.90 bits per heavy atom. The molecule has 8 heteroatoms. The highest BCUT2D eigenvalue weighted by atomic mass is 16.4. The summed E-state index contributed by atoms with van der Waals surface area (Å²) < 4.78 is 5.61. The molecule has 2 heterocycles. The molecule has 0 atom stereocenters. The average molecular weight is 284 g/mol. The zero-order valence-corrected chi connectivity index (χ0v) is 11.0. The van der Waals surface area contributed by atoms with Gasteiger partial charge < -0.3 is 4.42 Å². The number of nitrogens with zero attached hydrogens (tertiary/aromatic N) is 4. The van der Waals surface area contributed by atoms with Crippen LogP contribution in [0.2, 0.25) is 0 Å². The number of H-pyrrole nitrogens is 1. The molecule has 1 aromatic carbocycles. The molecular weight excluding hydrogens is 272 g/mol. The molecule has 0 unspecified atom stereocenters. The van der Waals surface area contributed by atoms with Gasteiger partial charge in [-0.05, 0) is 5.21 Å². The lowest BCUT2D eigenvalue weighted by Gasteiger charge is -1.98. The summed E-state index contributed by atoms with van der Waals surface area (Å²) in [6.45, 7) is 0. The SMILES string of the molecule is O=C(CCc1ncc(-c2ccccc2)o1)Nc1nn[nH]n1. The van der Waals surface area contributed by atoms with Gasteiger partial charge in [-0.3, -0.25) is 10.1 Å². The van der Waals surface area contributed by atoms with Gasteiger partial charge in [0.05, 0.1) is 6.20 Å². The number of hydrogen-bond donors (Lipinski definition) is 2. The van der Waals surface area contributed by atoms with Gasteiger partial charge in [0.1, 0.15) is 0 Å². The lowest BCUT2D eigenvalue weighted by molar-refractivity contribution is -0.116. The van der Waals surface area contributed by atoms with Crippen LogP contribution in [-0.2, 0) is 11.2 Å². The predicted molar refractivity (Wildman–Crippen MR) is 73.1 cm³/mol. The van der Waals surface area contributed by atoms with Crippen molar-refractivity contribution in [1.29, 1.82) is 0 Å². The van der Waals surface area contributed by atoms with Crippen LogP contribution in [0.5, 0.6) is 0 Å². The summed E-state index contributed by atoms with van der Waals surface area (Å²) in [6, 6.07) is 9.66. The molecule has 0 bridgehead atoms. The molecule has 0 saturated carbocycles. The van der Waals surface area contributed by atoms with Gasteiger partial charge in [0.15, 0.2) is 11.7 Å². The molecule has 0 radical (unpaired) electrons. The van der Waals surface area contributed by atoms with Crippen molar-refractivity contribution in [3.8, 4) is 11.3 Å². The van der Waals surface area contributed by atoms with E-state index in [1.165, 1.54) is 0 Å². The third kappa shape index (κ3) is 3.30. The van der Waals surface area contributed by atoms with E-state index in [0.29, 0.717) is 18.1 Å². The summed E-state index contributed by atoms with van der Waals surface area (Å²) in [4.78, 5) is 15.8. The number of anilines is 1. The highest BCUT2D eigenvalue weighted by molar-refractivity contribution is 5.88. The van der Waals surface area contributed by atoms with Crippen molar-refractivity contribution in [2.45, 2.75) is 12.8 Å². The largest absolute Gasteiger partial charge is 0.441 e. The Balaban J connectivity index is 1.56. The molecule has 106 valence electrons. The third-order valence-corrected chi connectivity index (χ3v) is 2.77. The van der Waals surface area contributed by atoms with Gasteiger partial charge in [0.2, 0.25) is 5.91 Å². The first-order chi connectivity index (χ1) is 10.3. The fourth-order valence-corrected chi connectivity index (χ4v) is 1.78. The maximum Gasteiger partial charge on any atom is 0.269 e. The molecule has 21 heavy (non-hydrogen) atoms. The van der Waals surface area contributed by atoms with Crippen molar-refractivity contribution < 1.29 is 9.21 Å². The first-order valence-electron chi connectivity index (χ1n) is 6.35. The highest BCUT2D eigenvalue weighted by Crippen LogP contribution is 2.20. The lowest BCUT2D eigenvalue weighted by atomic mass is 10.2. The standard InChI is InChI=1S/C13H12N6O2/c20-11(15-13-16-18-19-17-13)6-7-12-14-8-10(21-12)9-4-2-1-3-5-9/h1-5,8H,6-7H2,(H2,15,16,17,18,19,20). The van der Waals surface area contributed by atoms with Crippen LogP contribution in [0.25, 0.3) is 11.3 Å². The van der Waals surface area contributed by atoms with Crippen LogP contribution in [0.15, 0.2) is 40.9 Å². The summed E-state index contributed by atoms with van der Waals surface area (Å²) in [6.07, 6.45) is 2.28. The lowest BCUT2D eigenvalue weighted by Crippen LogP contribution is -2.13. The van der Waals surface area contributed by atoms with Gasteiger partial charge in [0.25, 0.3) is 5.95 Å². The molecule has 1 amide bonds. The fourth-order valence-electron chi connectivity index (χ4n) is 1.78. The van der Waals surface area contributed by atoms with Crippen molar-refractivity contribution in [2.24, 2.45) is 0 Å². The molecule has 0 aliphatic carbocycles. The topological polar surface area (TPSA) is 110 Å². The molecule has 2 N–H and O–H groups in total. The number of aryl methyl sites for hydroxylation is 1. The Hall–Kier alpha value is -3.03. The third-order valence-electron chi connectivity index (χ3n) is 2.77. The van der Waals surface area contributed by atoms with E-state index in [9.17, 15) is 4.79 Å². The Kier molecular flexibility index (Phi) is 3.68. The van der Waals surface area contributed by atoms with Crippen molar-refractivity contribution in [3.63, 3.8) is 0 Å². The van der Waals surface area contributed by atoms with Gasteiger partial charge >= 0.3 is 0 Å². The number of aromatic nitrogens is 5. The molecule has 0 saturated heterocycles. The summed E-state index contributed by atoms with van der Waals surface area (Å²) in [5, 5.41) is 15.4. The first kappa shape index (κ1) is 13.0. The molecule has 0 spiro atoms. The minimum absolute atomic E-state index is 0.150. The highest BCUT2D eigenvalue weighted by Gasteiger charge is 2.10. The van der Waals surface area contributed by atoms with E-state index >= 15 is 0 Å². The van der Waals surface area contributed by atoms with E-state index in [1.807, 2.05) is 30.3 Å². The van der Waals surface area contributed by atoms with Crippen LogP contribution in [0.1, 0.15) is 12.3 Å². The number of nitrogens with one attached hydrogen (secondary N) is 2. The molecule has 8 nitrogen and oxygen atoms in total. The molecule has 3 aromatic rings. The maximum absolute atomic E-state index is 11.7. The van der Waals surface area contributed by atoms with Crippen molar-refractivity contribution in [1.82, 2.24) is 25.6 Å². The number of rotatable bonds is 5. The van der Waals surface area contributed by atoms with E-state index in [4.69, 9.17) is 4.42 Å². The Morgan fingerprint density at radius 1 is 1.29 bits per heavy atom. The van der Waals surface area contributed by atoms with Crippen LogP contribution >= 0.6 is 0 Å². The normalized spacial score (nSPS) is 10.5. The molecule has 0 aliphatic heterocycles. The van der Waals surface area contributed by atoms with Crippen LogP contribution in [-0.4, -0.2) is 31.5 Å². The van der Waals surface area contributed by atoms with Gasteiger partial charge in [-0.1, -0.05) is 35.4 Å². The van der Waals surface area contributed by atoms with Crippen molar-refractivity contribution in [2.75, 3.05) is 5.32 Å². The predicted octanol–water partition coefficient (Wildman–Crippen LogP) is 1.43. The minimum Gasteiger partial charge on any atom is -0.441 e. The van der Waals surface area contributed by atoms with E-state index in [0.717, 1.165) is 5.56 Å². The Labute approximate surface area is 119 Å². The van der Waals surface area contributed by atoms with E-state index in [-0.39, 0.29) is 18.3 Å². The second-order valence-electron chi connectivity index (χ2n) is 4.27. The molecule has 0 fully saturated rings. The number of carbonyl (C=O) groups is 1. The maximum atomic E-state index is 11.7. The smallest absolute Gasteiger partial charge is 0.269 e. The molecule has 3 rings (SSSR count). The zero-order chi connectivity index (χ0) is 14.5. The summed E-state index contributed by atoms with van der Waals surface area (Å²) in [7, 11) is 0. The zero-order valence-electron chi connectivity index (χ0n) is 11.0. The average Bonchev–Trinajstić information content (AvgIpc) is 3.17. The van der Waals surface area contributed by atoms with Crippen LogP contribution in [0, 0.1) is 0 Å². The molecule has 2 aromatic heterocycles. The molecular formula is C13H12N6O2. The summed E-state index contributed by atoms with van der Waals surface area (Å²) in [5.41, 5.74) is 0.951. The van der Waals surface area contributed by atoms with Gasteiger partial charge in [-0.25, -0.2) is 4.98 Å². The number of aromatic amines is 1. The van der Waals surface area contributed by atoms with E-state index in [1.54, 1.807) is 6.20 Å². The second kappa shape index (κ2) is 5.95. The number of amides is 1. The number of hydrogen-bond acceptors (Lipinski definition) is 6. The van der Waals surface area contributed by atoms with E-state index in [2.05, 4.69) is 30.9 Å². The fraction of sp³-hybridized carbons (Fsp3) is 0.154. The quantitative estimate of drug-likeness (QED) is 0.733. The Morgan fingerprint density at radius 2 is 2.14 bits per heavy atom. The second-order valence-corrected chi connectivity index (χ2v) is 4.27. The monoisotopic (exact) mass is 284 g/mol. The van der Waals surface area contributed by atoms with Gasteiger partial charge in [-0.2, -0.15) is 5.21 Å². The number of benzene rings is 1. The van der Waals surface area contributed by atoms with E-state index < -0.39 is 0 Å².